The van der Waals surface area contributed by atoms with Crippen LogP contribution in [-0.2, 0) is 5.41 Å². The molecule has 0 amide bonds. The van der Waals surface area contributed by atoms with Gasteiger partial charge in [0, 0.05) is 32.8 Å². The van der Waals surface area contributed by atoms with Crippen LogP contribution in [0, 0.1) is 0 Å². The van der Waals surface area contributed by atoms with E-state index in [0.717, 1.165) is 38.8 Å². The first-order chi connectivity index (χ1) is 30.8. The normalized spacial score (nSPS) is 13.0. The molecular weight excluding hydrogens is 751 g/mol. The Bertz CT molecular complexity index is 3610. The van der Waals surface area contributed by atoms with Crippen LogP contribution in [0.15, 0.2) is 225 Å². The Balaban J connectivity index is 0.996. The largest absolute Gasteiger partial charge is 0.309 e. The summed E-state index contributed by atoms with van der Waals surface area (Å²) >= 11 is 0. The van der Waals surface area contributed by atoms with Crippen molar-refractivity contribution in [2.75, 3.05) is 0 Å². The molecular formula is C59H37N3. The zero-order chi connectivity index (χ0) is 40.8. The maximum Gasteiger partial charge on any atom is 0.0979 e. The molecule has 0 atom stereocenters. The third-order valence-electron chi connectivity index (χ3n) is 13.3. The van der Waals surface area contributed by atoms with E-state index in [1.165, 1.54) is 77.1 Å². The van der Waals surface area contributed by atoms with E-state index in [1.54, 1.807) is 0 Å². The van der Waals surface area contributed by atoms with Gasteiger partial charge in [-0.3, -0.25) is 4.98 Å². The van der Waals surface area contributed by atoms with Crippen molar-refractivity contribution in [3.8, 4) is 39.2 Å². The van der Waals surface area contributed by atoms with E-state index in [1.807, 2.05) is 6.20 Å². The molecule has 0 unspecified atom stereocenters. The molecule has 0 bridgehead atoms. The number of rotatable bonds is 5. The van der Waals surface area contributed by atoms with Crippen molar-refractivity contribution in [2.24, 2.45) is 0 Å². The molecule has 1 aliphatic carbocycles. The average Bonchev–Trinajstić information content (AvgIpc) is 3.84. The van der Waals surface area contributed by atoms with Gasteiger partial charge in [-0.1, -0.05) is 182 Å². The second-order valence-electron chi connectivity index (χ2n) is 16.5. The lowest BCUT2D eigenvalue weighted by Gasteiger charge is -2.34. The van der Waals surface area contributed by atoms with Crippen molar-refractivity contribution in [3.63, 3.8) is 0 Å². The number of hydrogen-bond donors (Lipinski definition) is 0. The van der Waals surface area contributed by atoms with Gasteiger partial charge < -0.3 is 4.57 Å². The molecule has 13 rings (SSSR count). The van der Waals surface area contributed by atoms with Gasteiger partial charge in [-0.15, -0.1) is 0 Å². The van der Waals surface area contributed by atoms with E-state index in [9.17, 15) is 0 Å². The number of benzene rings is 10. The molecule has 0 radical (unpaired) electrons. The summed E-state index contributed by atoms with van der Waals surface area (Å²) in [5, 5.41) is 7.15. The minimum Gasteiger partial charge on any atom is -0.309 e. The van der Waals surface area contributed by atoms with E-state index in [4.69, 9.17) is 9.97 Å². The molecule has 0 saturated carbocycles. The molecule has 62 heavy (non-hydrogen) atoms. The monoisotopic (exact) mass is 787 g/mol. The van der Waals surface area contributed by atoms with Crippen molar-refractivity contribution in [1.29, 1.82) is 0 Å². The maximum absolute atomic E-state index is 5.44. The van der Waals surface area contributed by atoms with Crippen molar-refractivity contribution in [3.05, 3.63) is 247 Å². The standard InChI is InChI=1S/C59H37N3/c1-3-15-41(16-4-1)59(42-17-5-2-6-18-42)52-35-39(38-27-31-43(32-28-38)62-55-25-13-11-21-48(55)49-22-12-14-26-56(49)62)29-33-46(52)47-34-30-40(36-53(47)59)54-37-60-57-50-23-9-7-19-44(50)45-20-8-10-24-51(45)58(57)61-54/h1-37H. The Morgan fingerprint density at radius 1 is 0.355 bits per heavy atom. The molecule has 0 saturated heterocycles. The smallest absolute Gasteiger partial charge is 0.0979 e. The predicted molar refractivity (Wildman–Crippen MR) is 257 cm³/mol. The predicted octanol–water partition coefficient (Wildman–Crippen LogP) is 14.7. The van der Waals surface area contributed by atoms with Gasteiger partial charge in [0.1, 0.15) is 0 Å². The third kappa shape index (κ3) is 4.94. The summed E-state index contributed by atoms with van der Waals surface area (Å²) in [6, 6.07) is 79.6. The number of fused-ring (bicyclic) bond motifs is 12. The fraction of sp³-hybridized carbons (Fsp3) is 0.0169. The first-order valence-corrected chi connectivity index (χ1v) is 21.3. The Morgan fingerprint density at radius 3 is 1.39 bits per heavy atom. The van der Waals surface area contributed by atoms with Crippen molar-refractivity contribution < 1.29 is 0 Å². The summed E-state index contributed by atoms with van der Waals surface area (Å²) < 4.78 is 2.38. The quantitative estimate of drug-likeness (QED) is 0.163. The lowest BCUT2D eigenvalue weighted by atomic mass is 9.67. The van der Waals surface area contributed by atoms with E-state index in [2.05, 4.69) is 223 Å². The second-order valence-corrected chi connectivity index (χ2v) is 16.5. The number of aromatic nitrogens is 3. The fourth-order valence-corrected chi connectivity index (χ4v) is 10.6. The van der Waals surface area contributed by atoms with E-state index < -0.39 is 5.41 Å². The molecule has 3 heteroatoms. The van der Waals surface area contributed by atoms with Gasteiger partial charge in [-0.05, 0) is 91.7 Å². The molecule has 2 aromatic heterocycles. The fourth-order valence-electron chi connectivity index (χ4n) is 10.6. The van der Waals surface area contributed by atoms with Crippen LogP contribution in [0.4, 0.5) is 0 Å². The second kappa shape index (κ2) is 13.4. The van der Waals surface area contributed by atoms with E-state index >= 15 is 0 Å². The number of nitrogens with zero attached hydrogens (tertiary/aromatic N) is 3. The minimum atomic E-state index is -0.588. The van der Waals surface area contributed by atoms with Crippen LogP contribution in [0.25, 0.3) is 93.6 Å². The van der Waals surface area contributed by atoms with Gasteiger partial charge in [0.05, 0.1) is 39.4 Å². The van der Waals surface area contributed by atoms with Gasteiger partial charge in [-0.2, -0.15) is 0 Å². The molecule has 0 fully saturated rings. The number of hydrogen-bond acceptors (Lipinski definition) is 2. The Hall–Kier alpha value is -8.14. The average molecular weight is 788 g/mol. The Kier molecular flexibility index (Phi) is 7.52. The van der Waals surface area contributed by atoms with Gasteiger partial charge >= 0.3 is 0 Å². The lowest BCUT2D eigenvalue weighted by Crippen LogP contribution is -2.28. The molecule has 3 nitrogen and oxygen atoms in total. The highest BCUT2D eigenvalue weighted by Crippen LogP contribution is 2.57. The van der Waals surface area contributed by atoms with Crippen LogP contribution >= 0.6 is 0 Å². The first-order valence-electron chi connectivity index (χ1n) is 21.3. The number of para-hydroxylation sites is 2. The van der Waals surface area contributed by atoms with Crippen LogP contribution in [0.3, 0.4) is 0 Å². The molecule has 0 spiro atoms. The van der Waals surface area contributed by atoms with Crippen molar-refractivity contribution >= 4 is 54.4 Å². The maximum atomic E-state index is 5.44. The zero-order valence-corrected chi connectivity index (χ0v) is 33.7. The summed E-state index contributed by atoms with van der Waals surface area (Å²) in [5.74, 6) is 0. The lowest BCUT2D eigenvalue weighted by molar-refractivity contribution is 0.769. The molecule has 288 valence electrons. The van der Waals surface area contributed by atoms with Gasteiger partial charge in [0.15, 0.2) is 0 Å². The van der Waals surface area contributed by atoms with Crippen molar-refractivity contribution in [1.82, 2.24) is 14.5 Å². The summed E-state index contributed by atoms with van der Waals surface area (Å²) in [6.45, 7) is 0. The molecule has 2 heterocycles. The SMILES string of the molecule is c1ccc(C2(c3ccccc3)c3cc(-c4ccc(-n5c6ccccc6c6ccccc65)cc4)ccc3-c3ccc(-c4cnc5c6ccccc6c6ccccc6c5n4)cc32)cc1. The van der Waals surface area contributed by atoms with Crippen LogP contribution < -0.4 is 0 Å². The molecule has 12 aromatic rings. The van der Waals surface area contributed by atoms with Gasteiger partial charge in [0.2, 0.25) is 0 Å². The van der Waals surface area contributed by atoms with E-state index in [-0.39, 0.29) is 0 Å². The van der Waals surface area contributed by atoms with E-state index in [0.29, 0.717) is 0 Å². The third-order valence-corrected chi connectivity index (χ3v) is 13.3. The highest BCUT2D eigenvalue weighted by molar-refractivity contribution is 6.23. The highest BCUT2D eigenvalue weighted by atomic mass is 15.0. The summed E-state index contributed by atoms with van der Waals surface area (Å²) in [6.07, 6.45) is 1.96. The zero-order valence-electron chi connectivity index (χ0n) is 33.7. The van der Waals surface area contributed by atoms with Crippen LogP contribution in [0.2, 0.25) is 0 Å². The molecule has 0 aliphatic heterocycles. The Morgan fingerprint density at radius 2 is 0.806 bits per heavy atom. The van der Waals surface area contributed by atoms with Crippen LogP contribution in [0.5, 0.6) is 0 Å². The summed E-state index contributed by atoms with van der Waals surface area (Å²) in [7, 11) is 0. The molecule has 1 aliphatic rings. The molecule has 10 aromatic carbocycles. The van der Waals surface area contributed by atoms with Gasteiger partial charge in [0.25, 0.3) is 0 Å². The van der Waals surface area contributed by atoms with Gasteiger partial charge in [-0.25, -0.2) is 4.98 Å². The summed E-state index contributed by atoms with van der Waals surface area (Å²) in [5.41, 5.74) is 16.5. The first kappa shape index (κ1) is 34.7. The molecule has 0 N–H and O–H groups in total. The Labute approximate surface area is 358 Å². The minimum absolute atomic E-state index is 0.588. The topological polar surface area (TPSA) is 30.7 Å². The summed E-state index contributed by atoms with van der Waals surface area (Å²) in [4.78, 5) is 10.6. The van der Waals surface area contributed by atoms with Crippen LogP contribution in [0.1, 0.15) is 22.3 Å². The highest BCUT2D eigenvalue weighted by Gasteiger charge is 2.46. The van der Waals surface area contributed by atoms with Crippen molar-refractivity contribution in [2.45, 2.75) is 5.41 Å². The van der Waals surface area contributed by atoms with Crippen LogP contribution in [-0.4, -0.2) is 14.5 Å².